The van der Waals surface area contributed by atoms with Crippen LogP contribution in [0.15, 0.2) is 58.3 Å². The largest absolute Gasteiger partial charge is 0.314 e. The van der Waals surface area contributed by atoms with Gasteiger partial charge in [0.15, 0.2) is 15.6 Å². The minimum atomic E-state index is -3.95. The molecule has 10 heteroatoms. The zero-order valence-electron chi connectivity index (χ0n) is 18.2. The number of carbonyl (C=O) groups is 2. The average molecular weight is 479 g/mol. The summed E-state index contributed by atoms with van der Waals surface area (Å²) in [6, 6.07) is 10.7. The normalized spacial score (nSPS) is 17.7. The first-order valence-electron chi connectivity index (χ1n) is 10.1. The van der Waals surface area contributed by atoms with Crippen molar-refractivity contribution in [2.24, 2.45) is 0 Å². The highest BCUT2D eigenvalue weighted by atomic mass is 32.2. The highest BCUT2D eigenvalue weighted by molar-refractivity contribution is 7.90. The Morgan fingerprint density at radius 3 is 2.00 bits per heavy atom. The Balaban J connectivity index is 1.88. The molecule has 172 valence electrons. The van der Waals surface area contributed by atoms with Crippen molar-refractivity contribution < 1.29 is 26.4 Å². The molecule has 2 aromatic rings. The number of hydrogen-bond donors (Lipinski definition) is 0. The summed E-state index contributed by atoms with van der Waals surface area (Å²) in [6.45, 7) is 1.62. The van der Waals surface area contributed by atoms with E-state index in [1.165, 1.54) is 64.7 Å². The molecule has 1 atom stereocenters. The Morgan fingerprint density at radius 2 is 1.47 bits per heavy atom. The van der Waals surface area contributed by atoms with E-state index < -0.39 is 25.9 Å². The first kappa shape index (κ1) is 24.1. The monoisotopic (exact) mass is 478 g/mol. The lowest BCUT2D eigenvalue weighted by molar-refractivity contribution is -0.122. The highest BCUT2D eigenvalue weighted by Gasteiger charge is 2.39. The van der Waals surface area contributed by atoms with Gasteiger partial charge in [-0.1, -0.05) is 18.6 Å². The van der Waals surface area contributed by atoms with E-state index in [-0.39, 0.29) is 28.0 Å². The van der Waals surface area contributed by atoms with Gasteiger partial charge in [-0.3, -0.25) is 9.59 Å². The number of likely N-dealkylation sites (N-methyl/N-ethyl adjacent to an activating group) is 1. The van der Waals surface area contributed by atoms with E-state index in [0.29, 0.717) is 30.5 Å². The maximum Gasteiger partial charge on any atom is 0.245 e. The minimum absolute atomic E-state index is 0.0300. The fourth-order valence-electron chi connectivity index (χ4n) is 3.70. The van der Waals surface area contributed by atoms with E-state index in [2.05, 4.69) is 0 Å². The molecule has 0 radical (unpaired) electrons. The van der Waals surface area contributed by atoms with Gasteiger partial charge in [-0.2, -0.15) is 4.31 Å². The van der Waals surface area contributed by atoms with Gasteiger partial charge in [0.05, 0.1) is 9.79 Å². The van der Waals surface area contributed by atoms with E-state index in [4.69, 9.17) is 0 Å². The lowest BCUT2D eigenvalue weighted by atomic mass is 10.0. The van der Waals surface area contributed by atoms with E-state index in [0.717, 1.165) is 6.26 Å². The lowest BCUT2D eigenvalue weighted by Gasteiger charge is -2.35. The van der Waals surface area contributed by atoms with Crippen LogP contribution in [0.5, 0.6) is 0 Å². The maximum absolute atomic E-state index is 13.3. The standard InChI is InChI=1S/C22H26N2O6S2/c1-16(25)17-7-11-20(12-8-17)32(29,30)24-15-5-4-6-21(24)22(26)23(2)18-9-13-19(14-10-18)31(3,27)28/h7-14,21H,4-6,15H2,1-3H3. The van der Waals surface area contributed by atoms with Crippen LogP contribution in [-0.2, 0) is 24.7 Å². The number of benzene rings is 2. The minimum Gasteiger partial charge on any atom is -0.314 e. The number of carbonyl (C=O) groups excluding carboxylic acids is 2. The molecule has 3 rings (SSSR count). The highest BCUT2D eigenvalue weighted by Crippen LogP contribution is 2.28. The van der Waals surface area contributed by atoms with Gasteiger partial charge < -0.3 is 4.90 Å². The number of sulfonamides is 1. The lowest BCUT2D eigenvalue weighted by Crippen LogP contribution is -2.52. The second-order valence-electron chi connectivity index (χ2n) is 7.87. The molecule has 1 fully saturated rings. The van der Waals surface area contributed by atoms with E-state index in [9.17, 15) is 26.4 Å². The third-order valence-corrected chi connectivity index (χ3v) is 8.64. The Morgan fingerprint density at radius 1 is 0.906 bits per heavy atom. The molecule has 0 N–H and O–H groups in total. The number of piperidine rings is 1. The van der Waals surface area contributed by atoms with Gasteiger partial charge in [0, 0.05) is 31.1 Å². The predicted molar refractivity (Wildman–Crippen MR) is 121 cm³/mol. The van der Waals surface area contributed by atoms with Gasteiger partial charge in [-0.05, 0) is 56.2 Å². The van der Waals surface area contributed by atoms with Crippen LogP contribution in [0.4, 0.5) is 5.69 Å². The molecule has 32 heavy (non-hydrogen) atoms. The molecule has 1 heterocycles. The van der Waals surface area contributed by atoms with Crippen LogP contribution in [-0.4, -0.2) is 58.7 Å². The summed E-state index contributed by atoms with van der Waals surface area (Å²) >= 11 is 0. The summed E-state index contributed by atoms with van der Waals surface area (Å²) in [5.74, 6) is -0.552. The van der Waals surface area contributed by atoms with E-state index in [1.807, 2.05) is 0 Å². The molecule has 1 unspecified atom stereocenters. The predicted octanol–water partition coefficient (Wildman–Crippen LogP) is 2.50. The Labute approximate surface area is 188 Å². The van der Waals surface area contributed by atoms with Crippen LogP contribution in [0.2, 0.25) is 0 Å². The summed E-state index contributed by atoms with van der Waals surface area (Å²) in [7, 11) is -5.77. The third-order valence-electron chi connectivity index (χ3n) is 5.59. The summed E-state index contributed by atoms with van der Waals surface area (Å²) in [5.41, 5.74) is 0.878. The number of sulfone groups is 1. The quantitative estimate of drug-likeness (QED) is 0.590. The van der Waals surface area contributed by atoms with Crippen LogP contribution >= 0.6 is 0 Å². The van der Waals surface area contributed by atoms with Gasteiger partial charge in [-0.25, -0.2) is 16.8 Å². The second kappa shape index (κ2) is 9.13. The van der Waals surface area contributed by atoms with Gasteiger partial charge in [0.1, 0.15) is 6.04 Å². The SMILES string of the molecule is CC(=O)c1ccc(S(=O)(=O)N2CCCCC2C(=O)N(C)c2ccc(S(C)(=O)=O)cc2)cc1. The van der Waals surface area contributed by atoms with Crippen LogP contribution in [0.25, 0.3) is 0 Å². The van der Waals surface area contributed by atoms with Crippen molar-refractivity contribution in [3.8, 4) is 0 Å². The fraction of sp³-hybridized carbons (Fsp3) is 0.364. The number of amides is 1. The van der Waals surface area contributed by atoms with Crippen molar-refractivity contribution >= 4 is 37.2 Å². The van der Waals surface area contributed by atoms with Crippen molar-refractivity contribution in [3.63, 3.8) is 0 Å². The molecule has 1 saturated heterocycles. The van der Waals surface area contributed by atoms with E-state index in [1.54, 1.807) is 7.05 Å². The van der Waals surface area contributed by atoms with Gasteiger partial charge >= 0.3 is 0 Å². The number of ketones is 1. The number of rotatable bonds is 6. The third kappa shape index (κ3) is 4.92. The van der Waals surface area contributed by atoms with Crippen molar-refractivity contribution in [1.29, 1.82) is 0 Å². The smallest absolute Gasteiger partial charge is 0.245 e. The van der Waals surface area contributed by atoms with Crippen molar-refractivity contribution in [2.45, 2.75) is 42.0 Å². The summed E-state index contributed by atoms with van der Waals surface area (Å²) < 4.78 is 51.2. The Kier molecular flexibility index (Phi) is 6.87. The molecule has 0 aromatic heterocycles. The molecule has 8 nitrogen and oxygen atoms in total. The van der Waals surface area contributed by atoms with Crippen molar-refractivity contribution in [1.82, 2.24) is 4.31 Å². The molecule has 1 aliphatic rings. The number of nitrogens with zero attached hydrogens (tertiary/aromatic N) is 2. The van der Waals surface area contributed by atoms with E-state index >= 15 is 0 Å². The first-order chi connectivity index (χ1) is 14.9. The first-order valence-corrected chi connectivity index (χ1v) is 13.5. The zero-order chi connectivity index (χ0) is 23.7. The van der Waals surface area contributed by atoms with Crippen LogP contribution in [0, 0.1) is 0 Å². The summed E-state index contributed by atoms with van der Waals surface area (Å²) in [6.07, 6.45) is 2.84. The molecule has 0 saturated carbocycles. The average Bonchev–Trinajstić information content (AvgIpc) is 2.77. The molecule has 0 aliphatic carbocycles. The summed E-state index contributed by atoms with van der Waals surface area (Å²) in [5, 5.41) is 0. The molecular formula is C22H26N2O6S2. The molecule has 1 amide bonds. The van der Waals surface area contributed by atoms with Crippen LogP contribution in [0.1, 0.15) is 36.5 Å². The van der Waals surface area contributed by atoms with Gasteiger partial charge in [0.25, 0.3) is 0 Å². The van der Waals surface area contributed by atoms with Gasteiger partial charge in [0.2, 0.25) is 15.9 Å². The number of Topliss-reactive ketones (excluding diaryl/α,β-unsaturated/α-hetero) is 1. The second-order valence-corrected chi connectivity index (χ2v) is 11.8. The fourth-order valence-corrected chi connectivity index (χ4v) is 5.99. The number of hydrogen-bond acceptors (Lipinski definition) is 6. The maximum atomic E-state index is 13.3. The molecule has 2 aromatic carbocycles. The Bertz CT molecular complexity index is 1220. The molecule has 0 spiro atoms. The molecular weight excluding hydrogens is 452 g/mol. The molecule has 1 aliphatic heterocycles. The molecule has 0 bridgehead atoms. The summed E-state index contributed by atoms with van der Waals surface area (Å²) in [4.78, 5) is 26.3. The Hall–Kier alpha value is -2.56. The topological polar surface area (TPSA) is 109 Å². The number of anilines is 1. The zero-order valence-corrected chi connectivity index (χ0v) is 19.8. The van der Waals surface area contributed by atoms with Crippen LogP contribution in [0.3, 0.4) is 0 Å². The van der Waals surface area contributed by atoms with Crippen LogP contribution < -0.4 is 4.90 Å². The van der Waals surface area contributed by atoms with Crippen molar-refractivity contribution in [3.05, 3.63) is 54.1 Å². The van der Waals surface area contributed by atoms with Gasteiger partial charge in [-0.15, -0.1) is 0 Å². The van der Waals surface area contributed by atoms with Crippen molar-refractivity contribution in [2.75, 3.05) is 24.7 Å².